The third kappa shape index (κ3) is 1.42. The van der Waals surface area contributed by atoms with Crippen LogP contribution in [0.4, 0.5) is 11.6 Å². The predicted molar refractivity (Wildman–Crippen MR) is 45.0 cm³/mol. The molecule has 5 heteroatoms. The summed E-state index contributed by atoms with van der Waals surface area (Å²) in [5.41, 5.74) is 0. The topological polar surface area (TPSA) is 48.1 Å². The van der Waals surface area contributed by atoms with Crippen LogP contribution in [0.3, 0.4) is 0 Å². The van der Waals surface area contributed by atoms with Crippen LogP contribution in [0, 0.1) is 0 Å². The molecule has 11 heavy (non-hydrogen) atoms. The van der Waals surface area contributed by atoms with Gasteiger partial charge in [0.05, 0.1) is 0 Å². The molecule has 1 N–H and O–H groups in total. The van der Waals surface area contributed by atoms with Crippen molar-refractivity contribution in [3.05, 3.63) is 0 Å². The average molecular weight is 155 g/mol. The smallest absolute Gasteiger partial charge is 0.194 e. The number of H-pyrrole nitrogens is 1. The van der Waals surface area contributed by atoms with E-state index in [4.69, 9.17) is 0 Å². The second-order valence-corrected chi connectivity index (χ2v) is 2.77. The predicted octanol–water partition coefficient (Wildman–Crippen LogP) is -0.0633. The van der Waals surface area contributed by atoms with Gasteiger partial charge in [-0.2, -0.15) is 0 Å². The Bertz CT molecular complexity index is 204. The largest absolute Gasteiger partial charge is 0.360 e. The van der Waals surface area contributed by atoms with Crippen LogP contribution in [-0.4, -0.2) is 43.6 Å². The molecule has 0 aliphatic carbocycles. The summed E-state index contributed by atoms with van der Waals surface area (Å²) in [4.78, 5) is 3.86. The van der Waals surface area contributed by atoms with Gasteiger partial charge >= 0.3 is 0 Å². The Balaban J connectivity index is 2.96. The molecule has 5 nitrogen and oxygen atoms in total. The van der Waals surface area contributed by atoms with E-state index in [1.165, 1.54) is 0 Å². The van der Waals surface area contributed by atoms with Crippen molar-refractivity contribution in [3.63, 3.8) is 0 Å². The van der Waals surface area contributed by atoms with Gasteiger partial charge in [-0.1, -0.05) is 5.21 Å². The lowest BCUT2D eigenvalue weighted by Crippen LogP contribution is -2.16. The fraction of sp³-hybridized carbons (Fsp3) is 0.667. The number of hydrogen-bond donors (Lipinski definition) is 1. The van der Waals surface area contributed by atoms with Crippen LogP contribution in [0.15, 0.2) is 0 Å². The second kappa shape index (κ2) is 2.77. The van der Waals surface area contributed by atoms with Gasteiger partial charge in [-0.3, -0.25) is 0 Å². The molecule has 0 aliphatic heterocycles. The van der Waals surface area contributed by atoms with E-state index in [2.05, 4.69) is 15.4 Å². The highest BCUT2D eigenvalue weighted by molar-refractivity contribution is 5.59. The van der Waals surface area contributed by atoms with Crippen molar-refractivity contribution in [2.45, 2.75) is 0 Å². The molecule has 0 aliphatic rings. The summed E-state index contributed by atoms with van der Waals surface area (Å²) in [5, 5.41) is 10.4. The highest BCUT2D eigenvalue weighted by Crippen LogP contribution is 2.18. The summed E-state index contributed by atoms with van der Waals surface area (Å²) in [6.45, 7) is 0. The zero-order valence-electron chi connectivity index (χ0n) is 7.29. The van der Waals surface area contributed by atoms with E-state index >= 15 is 0 Å². The minimum Gasteiger partial charge on any atom is -0.360 e. The van der Waals surface area contributed by atoms with Crippen LogP contribution in [0.2, 0.25) is 0 Å². The Morgan fingerprint density at radius 2 is 1.73 bits per heavy atom. The van der Waals surface area contributed by atoms with E-state index in [0.717, 1.165) is 11.6 Å². The van der Waals surface area contributed by atoms with Crippen molar-refractivity contribution in [2.75, 3.05) is 38.0 Å². The Labute approximate surface area is 66.0 Å². The van der Waals surface area contributed by atoms with Crippen LogP contribution in [0.1, 0.15) is 0 Å². The summed E-state index contributed by atoms with van der Waals surface area (Å²) < 4.78 is 0. The quantitative estimate of drug-likeness (QED) is 0.650. The van der Waals surface area contributed by atoms with Gasteiger partial charge in [-0.25, -0.2) is 5.10 Å². The fourth-order valence-corrected chi connectivity index (χ4v) is 0.818. The van der Waals surface area contributed by atoms with Crippen LogP contribution in [0.5, 0.6) is 0 Å². The highest BCUT2D eigenvalue weighted by atomic mass is 15.4. The number of anilines is 2. The zero-order chi connectivity index (χ0) is 8.43. The molecule has 62 valence electrons. The number of aromatic amines is 1. The Hall–Kier alpha value is -1.26. The summed E-state index contributed by atoms with van der Waals surface area (Å²) in [6, 6.07) is 0. The molecule has 0 aromatic carbocycles. The third-order valence-corrected chi connectivity index (χ3v) is 1.38. The molecule has 1 aromatic heterocycles. The molecule has 0 fully saturated rings. The average Bonchev–Trinajstić information content (AvgIpc) is 2.32. The van der Waals surface area contributed by atoms with E-state index < -0.39 is 0 Å². The van der Waals surface area contributed by atoms with Crippen LogP contribution in [-0.2, 0) is 0 Å². The van der Waals surface area contributed by atoms with Gasteiger partial charge in [0.15, 0.2) is 11.6 Å². The summed E-state index contributed by atoms with van der Waals surface area (Å²) in [7, 11) is 7.76. The third-order valence-electron chi connectivity index (χ3n) is 1.38. The first kappa shape index (κ1) is 7.84. The minimum atomic E-state index is 0.856. The molecular weight excluding hydrogens is 142 g/mol. The SMILES string of the molecule is CN(C)c1nn[nH]c1N(C)C. The van der Waals surface area contributed by atoms with Crippen LogP contribution in [0.25, 0.3) is 0 Å². The van der Waals surface area contributed by atoms with E-state index in [0.29, 0.717) is 0 Å². The number of nitrogens with one attached hydrogen (secondary N) is 1. The first-order valence-corrected chi connectivity index (χ1v) is 3.38. The maximum absolute atomic E-state index is 3.92. The van der Waals surface area contributed by atoms with E-state index in [9.17, 15) is 0 Å². The number of aromatic nitrogens is 3. The highest BCUT2D eigenvalue weighted by Gasteiger charge is 2.09. The summed E-state index contributed by atoms with van der Waals surface area (Å²) in [6.07, 6.45) is 0. The molecule has 0 saturated heterocycles. The molecule has 0 atom stereocenters. The fourth-order valence-electron chi connectivity index (χ4n) is 0.818. The molecule has 0 spiro atoms. The number of rotatable bonds is 2. The maximum atomic E-state index is 3.92. The van der Waals surface area contributed by atoms with Crippen molar-refractivity contribution in [2.24, 2.45) is 0 Å². The first-order valence-electron chi connectivity index (χ1n) is 3.38. The van der Waals surface area contributed by atoms with Crippen LogP contribution >= 0.6 is 0 Å². The van der Waals surface area contributed by atoms with Crippen molar-refractivity contribution in [1.29, 1.82) is 0 Å². The lowest BCUT2D eigenvalue weighted by molar-refractivity contribution is 0.919. The van der Waals surface area contributed by atoms with E-state index in [-0.39, 0.29) is 0 Å². The van der Waals surface area contributed by atoms with Crippen molar-refractivity contribution in [1.82, 2.24) is 15.4 Å². The van der Waals surface area contributed by atoms with Gasteiger partial charge in [0.2, 0.25) is 0 Å². The Morgan fingerprint density at radius 3 is 2.09 bits per heavy atom. The van der Waals surface area contributed by atoms with Crippen LogP contribution < -0.4 is 9.80 Å². The Morgan fingerprint density at radius 1 is 1.09 bits per heavy atom. The molecule has 1 heterocycles. The molecule has 0 amide bonds. The molecular formula is C6H13N5. The van der Waals surface area contributed by atoms with Gasteiger partial charge < -0.3 is 9.80 Å². The van der Waals surface area contributed by atoms with Gasteiger partial charge in [0.1, 0.15) is 0 Å². The first-order chi connectivity index (χ1) is 5.13. The molecule has 0 radical (unpaired) electrons. The molecule has 1 aromatic rings. The van der Waals surface area contributed by atoms with E-state index in [1.807, 2.05) is 38.0 Å². The normalized spacial score (nSPS) is 9.82. The van der Waals surface area contributed by atoms with Crippen molar-refractivity contribution < 1.29 is 0 Å². The van der Waals surface area contributed by atoms with E-state index in [1.54, 1.807) is 0 Å². The van der Waals surface area contributed by atoms with Gasteiger partial charge in [-0.15, -0.1) is 5.10 Å². The number of nitrogens with zero attached hydrogens (tertiary/aromatic N) is 4. The zero-order valence-corrected chi connectivity index (χ0v) is 7.29. The monoisotopic (exact) mass is 155 g/mol. The number of hydrogen-bond acceptors (Lipinski definition) is 4. The molecule has 1 rings (SSSR count). The van der Waals surface area contributed by atoms with Gasteiger partial charge in [0.25, 0.3) is 0 Å². The van der Waals surface area contributed by atoms with Crippen molar-refractivity contribution in [3.8, 4) is 0 Å². The summed E-state index contributed by atoms with van der Waals surface area (Å²) in [5.74, 6) is 1.78. The molecule has 0 unspecified atom stereocenters. The molecule has 0 bridgehead atoms. The summed E-state index contributed by atoms with van der Waals surface area (Å²) >= 11 is 0. The van der Waals surface area contributed by atoms with Crippen molar-refractivity contribution >= 4 is 11.6 Å². The lowest BCUT2D eigenvalue weighted by Gasteiger charge is -2.14. The van der Waals surface area contributed by atoms with Gasteiger partial charge in [-0.05, 0) is 0 Å². The second-order valence-electron chi connectivity index (χ2n) is 2.77. The standard InChI is InChI=1S/C6H13N5/c1-10(2)5-6(11(3)4)8-9-7-5/h1-4H3,(H,7,8,9). The van der Waals surface area contributed by atoms with Gasteiger partial charge in [0, 0.05) is 28.2 Å². The maximum Gasteiger partial charge on any atom is 0.194 e. The molecule has 0 saturated carbocycles. The minimum absolute atomic E-state index is 0.856. The lowest BCUT2D eigenvalue weighted by atomic mass is 10.5. The Kier molecular flexibility index (Phi) is 1.98.